The van der Waals surface area contributed by atoms with Crippen LogP contribution in [0.5, 0.6) is 5.75 Å². The van der Waals surface area contributed by atoms with E-state index in [1.807, 2.05) is 0 Å². The fourth-order valence-electron chi connectivity index (χ4n) is 2.94. The van der Waals surface area contributed by atoms with Gasteiger partial charge in [-0.25, -0.2) is 0 Å². The highest BCUT2D eigenvalue weighted by Crippen LogP contribution is 2.36. The second kappa shape index (κ2) is 5.19. The van der Waals surface area contributed by atoms with Crippen LogP contribution in [0.4, 0.5) is 0 Å². The van der Waals surface area contributed by atoms with E-state index < -0.39 is 0 Å². The van der Waals surface area contributed by atoms with Gasteiger partial charge in [0.2, 0.25) is 0 Å². The quantitative estimate of drug-likeness (QED) is 0.664. The van der Waals surface area contributed by atoms with E-state index in [-0.39, 0.29) is 0 Å². The second-order valence-corrected chi connectivity index (χ2v) is 6.24. The van der Waals surface area contributed by atoms with E-state index in [1.165, 1.54) is 30.4 Å². The van der Waals surface area contributed by atoms with Gasteiger partial charge in [0.05, 0.1) is 6.61 Å². The lowest BCUT2D eigenvalue weighted by Crippen LogP contribution is -2.44. The van der Waals surface area contributed by atoms with E-state index in [1.54, 1.807) is 0 Å². The number of hydrogen-bond acceptors (Lipinski definition) is 3. The van der Waals surface area contributed by atoms with Crippen molar-refractivity contribution in [3.05, 3.63) is 27.7 Å². The number of ether oxygens (including phenoxy) is 1. The topological polar surface area (TPSA) is 47.3 Å². The minimum atomic E-state index is 0.376. The lowest BCUT2D eigenvalue weighted by atomic mass is 9.78. The molecule has 1 aliphatic carbocycles. The molecule has 3 rings (SSSR count). The van der Waals surface area contributed by atoms with Crippen molar-refractivity contribution in [2.45, 2.75) is 38.1 Å². The molecule has 1 aliphatic heterocycles. The molecular formula is C14H19BrN2O. The maximum atomic E-state index is 5.77. The number of nitrogens with two attached hydrogens (primary N) is 1. The molecule has 1 saturated carbocycles. The van der Waals surface area contributed by atoms with E-state index in [0.717, 1.165) is 35.6 Å². The van der Waals surface area contributed by atoms with Crippen molar-refractivity contribution in [2.75, 3.05) is 6.61 Å². The maximum absolute atomic E-state index is 5.77. The summed E-state index contributed by atoms with van der Waals surface area (Å²) in [5, 5.41) is 0. The summed E-state index contributed by atoms with van der Waals surface area (Å²) >= 11 is 3.59. The van der Waals surface area contributed by atoms with Crippen molar-refractivity contribution in [3.63, 3.8) is 0 Å². The van der Waals surface area contributed by atoms with Gasteiger partial charge in [0.1, 0.15) is 5.75 Å². The molecule has 1 fully saturated rings. The molecule has 0 radical (unpaired) electrons. The van der Waals surface area contributed by atoms with E-state index in [0.29, 0.717) is 6.04 Å². The molecule has 18 heavy (non-hydrogen) atoms. The number of fused-ring (bicyclic) bond motifs is 1. The summed E-state index contributed by atoms with van der Waals surface area (Å²) in [4.78, 5) is 0. The van der Waals surface area contributed by atoms with Gasteiger partial charge in [-0.15, -0.1) is 0 Å². The molecule has 1 aromatic rings. The van der Waals surface area contributed by atoms with Gasteiger partial charge in [-0.1, -0.05) is 22.4 Å². The molecule has 3 nitrogen and oxygen atoms in total. The predicted octanol–water partition coefficient (Wildman–Crippen LogP) is 2.56. The lowest BCUT2D eigenvalue weighted by Gasteiger charge is -2.33. The number of nitrogens with one attached hydrogen (secondary N) is 1. The van der Waals surface area contributed by atoms with Crippen molar-refractivity contribution < 1.29 is 4.74 Å². The molecule has 0 spiro atoms. The van der Waals surface area contributed by atoms with Crippen LogP contribution in [0.25, 0.3) is 0 Å². The highest BCUT2D eigenvalue weighted by molar-refractivity contribution is 9.10. The highest BCUT2D eigenvalue weighted by Gasteiger charge is 2.28. The summed E-state index contributed by atoms with van der Waals surface area (Å²) in [5.74, 6) is 7.53. The van der Waals surface area contributed by atoms with E-state index in [4.69, 9.17) is 10.6 Å². The fourth-order valence-corrected chi connectivity index (χ4v) is 3.49. The Hall–Kier alpha value is -0.580. The SMILES string of the molecule is NNC(Cc1cc(Br)cc2c1OCC2)C1CCC1. The number of halogens is 1. The zero-order valence-electron chi connectivity index (χ0n) is 10.4. The molecule has 4 heteroatoms. The van der Waals surface area contributed by atoms with E-state index >= 15 is 0 Å². The third-order valence-electron chi connectivity index (χ3n) is 4.20. The van der Waals surface area contributed by atoms with Crippen LogP contribution in [-0.4, -0.2) is 12.6 Å². The average molecular weight is 311 g/mol. The zero-order valence-corrected chi connectivity index (χ0v) is 12.0. The molecule has 2 aliphatic rings. The molecule has 1 aromatic carbocycles. The van der Waals surface area contributed by atoms with Gasteiger partial charge in [0.25, 0.3) is 0 Å². The van der Waals surface area contributed by atoms with Gasteiger partial charge >= 0.3 is 0 Å². The van der Waals surface area contributed by atoms with E-state index in [2.05, 4.69) is 33.5 Å². The van der Waals surface area contributed by atoms with Crippen LogP contribution in [-0.2, 0) is 12.8 Å². The van der Waals surface area contributed by atoms with Crippen LogP contribution in [0.1, 0.15) is 30.4 Å². The second-order valence-electron chi connectivity index (χ2n) is 5.32. The molecule has 1 unspecified atom stereocenters. The lowest BCUT2D eigenvalue weighted by molar-refractivity contribution is 0.227. The van der Waals surface area contributed by atoms with Crippen molar-refractivity contribution in [2.24, 2.45) is 11.8 Å². The Kier molecular flexibility index (Phi) is 3.59. The van der Waals surface area contributed by atoms with Crippen molar-refractivity contribution in [3.8, 4) is 5.75 Å². The van der Waals surface area contributed by atoms with Crippen LogP contribution in [0, 0.1) is 5.92 Å². The van der Waals surface area contributed by atoms with E-state index in [9.17, 15) is 0 Å². The number of hydrogen-bond donors (Lipinski definition) is 2. The van der Waals surface area contributed by atoms with Crippen LogP contribution in [0.2, 0.25) is 0 Å². The van der Waals surface area contributed by atoms with Gasteiger partial charge in [0, 0.05) is 16.9 Å². The molecule has 1 atom stereocenters. The Labute approximate surface area is 116 Å². The van der Waals surface area contributed by atoms with Crippen LogP contribution >= 0.6 is 15.9 Å². The molecular weight excluding hydrogens is 292 g/mol. The van der Waals surface area contributed by atoms with Crippen molar-refractivity contribution in [1.82, 2.24) is 5.43 Å². The largest absolute Gasteiger partial charge is 0.493 e. The monoisotopic (exact) mass is 310 g/mol. The first-order valence-electron chi connectivity index (χ1n) is 6.68. The average Bonchev–Trinajstić information content (AvgIpc) is 2.73. The first-order chi connectivity index (χ1) is 8.78. The fraction of sp³-hybridized carbons (Fsp3) is 0.571. The summed E-state index contributed by atoms with van der Waals surface area (Å²) in [6.45, 7) is 0.808. The van der Waals surface area contributed by atoms with Crippen LogP contribution in [0.3, 0.4) is 0 Å². The molecule has 1 heterocycles. The van der Waals surface area contributed by atoms with Gasteiger partial charge in [-0.3, -0.25) is 11.3 Å². The third-order valence-corrected chi connectivity index (χ3v) is 4.66. The Morgan fingerprint density at radius 1 is 1.44 bits per heavy atom. The number of benzene rings is 1. The molecule has 3 N–H and O–H groups in total. The van der Waals surface area contributed by atoms with Gasteiger partial charge in [-0.2, -0.15) is 0 Å². The normalized spacial score (nSPS) is 20.1. The summed E-state index contributed by atoms with van der Waals surface area (Å²) in [6, 6.07) is 4.72. The minimum absolute atomic E-state index is 0.376. The Morgan fingerprint density at radius 3 is 2.94 bits per heavy atom. The standard InChI is InChI=1S/C14H19BrN2O/c15-12-6-10-4-5-18-14(10)11(7-12)8-13(17-16)9-2-1-3-9/h6-7,9,13,17H,1-5,8,16H2. The Bertz CT molecular complexity index is 446. The molecule has 0 saturated heterocycles. The molecule has 98 valence electrons. The van der Waals surface area contributed by atoms with Crippen LogP contribution in [0.15, 0.2) is 16.6 Å². The Morgan fingerprint density at radius 2 is 2.28 bits per heavy atom. The van der Waals surface area contributed by atoms with Crippen LogP contribution < -0.4 is 16.0 Å². The molecule has 0 aromatic heterocycles. The van der Waals surface area contributed by atoms with Gasteiger partial charge < -0.3 is 4.74 Å². The predicted molar refractivity (Wildman–Crippen MR) is 75.5 cm³/mol. The van der Waals surface area contributed by atoms with Crippen molar-refractivity contribution in [1.29, 1.82) is 0 Å². The maximum Gasteiger partial charge on any atom is 0.125 e. The third kappa shape index (κ3) is 2.29. The van der Waals surface area contributed by atoms with Gasteiger partial charge in [0.15, 0.2) is 0 Å². The van der Waals surface area contributed by atoms with Gasteiger partial charge in [-0.05, 0) is 48.4 Å². The van der Waals surface area contributed by atoms with Crippen molar-refractivity contribution >= 4 is 15.9 Å². The first kappa shape index (κ1) is 12.5. The number of rotatable bonds is 4. The summed E-state index contributed by atoms with van der Waals surface area (Å²) in [6.07, 6.45) is 5.92. The molecule has 0 amide bonds. The highest BCUT2D eigenvalue weighted by atomic mass is 79.9. The number of hydrazine groups is 1. The summed E-state index contributed by atoms with van der Waals surface area (Å²) in [5.41, 5.74) is 5.60. The first-order valence-corrected chi connectivity index (χ1v) is 7.47. The summed E-state index contributed by atoms with van der Waals surface area (Å²) < 4.78 is 6.92. The Balaban J connectivity index is 1.83. The minimum Gasteiger partial charge on any atom is -0.493 e. The zero-order chi connectivity index (χ0) is 12.5. The molecule has 0 bridgehead atoms. The smallest absolute Gasteiger partial charge is 0.125 e. The summed E-state index contributed by atoms with van der Waals surface area (Å²) in [7, 11) is 0.